The molecule has 7 heteroatoms. The summed E-state index contributed by atoms with van der Waals surface area (Å²) in [6.45, 7) is 0.287. The van der Waals surface area contributed by atoms with E-state index in [1.54, 1.807) is 36.5 Å². The Balaban J connectivity index is 1.65. The number of halogens is 2. The molecule has 0 aliphatic carbocycles. The van der Waals surface area contributed by atoms with Crippen LogP contribution < -0.4 is 10.5 Å². The Hall–Kier alpha value is -3.28. The van der Waals surface area contributed by atoms with E-state index in [2.05, 4.69) is 9.97 Å². The van der Waals surface area contributed by atoms with Crippen molar-refractivity contribution in [1.82, 2.24) is 9.97 Å². The molecule has 0 aliphatic heterocycles. The first-order valence-electron chi connectivity index (χ1n) is 9.09. The van der Waals surface area contributed by atoms with E-state index in [4.69, 9.17) is 33.7 Å². The van der Waals surface area contributed by atoms with E-state index in [0.29, 0.717) is 27.1 Å². The van der Waals surface area contributed by atoms with Crippen LogP contribution in [0.15, 0.2) is 72.9 Å². The maximum atomic E-state index is 10.7. The topological polar surface area (TPSA) is 81.3 Å². The summed E-state index contributed by atoms with van der Waals surface area (Å²) in [5.41, 5.74) is 9.27. The molecule has 1 aromatic heterocycles. The van der Waals surface area contributed by atoms with Gasteiger partial charge < -0.3 is 15.6 Å². The first-order chi connectivity index (χ1) is 14.5. The number of hydrogen-bond donors (Lipinski definition) is 2. The standard InChI is InChI=1S/C23H17Cl2N3O2/c24-16-7-5-14(6-8-16)19-12-27-23(26)28-22(19)18-10-9-17(11-21(18)29)30-13-15-3-1-2-4-20(15)25/h1-12,29H,13H2,(H2,26,27,28). The highest BCUT2D eigenvalue weighted by molar-refractivity contribution is 6.31. The molecule has 0 bridgehead atoms. The van der Waals surface area contributed by atoms with E-state index in [-0.39, 0.29) is 18.3 Å². The molecule has 0 radical (unpaired) electrons. The van der Waals surface area contributed by atoms with Gasteiger partial charge >= 0.3 is 0 Å². The van der Waals surface area contributed by atoms with Crippen molar-refractivity contribution in [3.63, 3.8) is 0 Å². The van der Waals surface area contributed by atoms with Crippen molar-refractivity contribution in [3.05, 3.63) is 88.5 Å². The minimum Gasteiger partial charge on any atom is -0.507 e. The molecule has 0 spiro atoms. The van der Waals surface area contributed by atoms with Crippen LogP contribution in [0.2, 0.25) is 10.0 Å². The summed E-state index contributed by atoms with van der Waals surface area (Å²) < 4.78 is 5.78. The minimum absolute atomic E-state index is 0.0139. The third kappa shape index (κ3) is 4.32. The second-order valence-electron chi connectivity index (χ2n) is 6.56. The normalized spacial score (nSPS) is 10.7. The van der Waals surface area contributed by atoms with Crippen molar-refractivity contribution in [2.45, 2.75) is 6.61 Å². The van der Waals surface area contributed by atoms with Crippen molar-refractivity contribution in [2.24, 2.45) is 0 Å². The highest BCUT2D eigenvalue weighted by Crippen LogP contribution is 2.37. The number of aromatic nitrogens is 2. The third-order valence-corrected chi connectivity index (χ3v) is 5.16. The van der Waals surface area contributed by atoms with Gasteiger partial charge in [-0.05, 0) is 35.9 Å². The number of rotatable bonds is 5. The Morgan fingerprint density at radius 3 is 2.43 bits per heavy atom. The Morgan fingerprint density at radius 2 is 1.70 bits per heavy atom. The number of nitrogen functional groups attached to an aromatic ring is 1. The first kappa shape index (κ1) is 20.0. The lowest BCUT2D eigenvalue weighted by atomic mass is 10.00. The van der Waals surface area contributed by atoms with Gasteiger partial charge in [0.05, 0.1) is 5.69 Å². The maximum Gasteiger partial charge on any atom is 0.220 e. The highest BCUT2D eigenvalue weighted by atomic mass is 35.5. The number of aromatic hydroxyl groups is 1. The summed E-state index contributed by atoms with van der Waals surface area (Å²) in [5.74, 6) is 0.632. The molecule has 0 atom stereocenters. The summed E-state index contributed by atoms with van der Waals surface area (Å²) >= 11 is 12.2. The lowest BCUT2D eigenvalue weighted by Crippen LogP contribution is -1.99. The lowest BCUT2D eigenvalue weighted by molar-refractivity contribution is 0.304. The lowest BCUT2D eigenvalue weighted by Gasteiger charge is -2.13. The monoisotopic (exact) mass is 437 g/mol. The zero-order valence-electron chi connectivity index (χ0n) is 15.7. The molecule has 0 amide bonds. The molecule has 5 nitrogen and oxygen atoms in total. The molecule has 0 unspecified atom stereocenters. The van der Waals surface area contributed by atoms with Gasteiger partial charge in [0.1, 0.15) is 18.1 Å². The second kappa shape index (κ2) is 8.61. The van der Waals surface area contributed by atoms with Crippen molar-refractivity contribution >= 4 is 29.2 Å². The van der Waals surface area contributed by atoms with Crippen LogP contribution in [-0.2, 0) is 6.61 Å². The largest absolute Gasteiger partial charge is 0.507 e. The van der Waals surface area contributed by atoms with Crippen molar-refractivity contribution < 1.29 is 9.84 Å². The van der Waals surface area contributed by atoms with Crippen LogP contribution in [0.25, 0.3) is 22.4 Å². The van der Waals surface area contributed by atoms with E-state index in [1.165, 1.54) is 6.07 Å². The Labute approximate surface area is 183 Å². The fraction of sp³-hybridized carbons (Fsp3) is 0.0435. The summed E-state index contributed by atoms with van der Waals surface area (Å²) in [4.78, 5) is 8.45. The van der Waals surface area contributed by atoms with Crippen LogP contribution in [0.5, 0.6) is 11.5 Å². The first-order valence-corrected chi connectivity index (χ1v) is 9.85. The molecular weight excluding hydrogens is 421 g/mol. The quantitative estimate of drug-likeness (QED) is 0.400. The number of benzene rings is 3. The van der Waals surface area contributed by atoms with E-state index >= 15 is 0 Å². The van der Waals surface area contributed by atoms with Crippen molar-refractivity contribution in [1.29, 1.82) is 0 Å². The molecule has 0 fully saturated rings. The second-order valence-corrected chi connectivity index (χ2v) is 7.40. The Bertz CT molecular complexity index is 1200. The number of nitrogens with zero attached hydrogens (tertiary/aromatic N) is 2. The molecule has 4 rings (SSSR count). The summed E-state index contributed by atoms with van der Waals surface area (Å²) in [7, 11) is 0. The molecule has 4 aromatic rings. The van der Waals surface area contributed by atoms with Gasteiger partial charge in [-0.2, -0.15) is 0 Å². The third-order valence-electron chi connectivity index (χ3n) is 4.54. The van der Waals surface area contributed by atoms with Gasteiger partial charge in [-0.1, -0.05) is 53.5 Å². The number of phenolic OH excluding ortho intramolecular Hbond substituents is 1. The molecule has 0 saturated carbocycles. The average molecular weight is 438 g/mol. The number of anilines is 1. The van der Waals surface area contributed by atoms with Gasteiger partial charge in [0.15, 0.2) is 0 Å². The van der Waals surface area contributed by atoms with Crippen molar-refractivity contribution in [3.8, 4) is 33.9 Å². The predicted octanol–water partition coefficient (Wildman–Crippen LogP) is 5.98. The van der Waals surface area contributed by atoms with Gasteiger partial charge in [-0.15, -0.1) is 0 Å². The molecule has 150 valence electrons. The van der Waals surface area contributed by atoms with Crippen LogP contribution >= 0.6 is 23.2 Å². The zero-order valence-corrected chi connectivity index (χ0v) is 17.2. The van der Waals surface area contributed by atoms with E-state index in [1.807, 2.05) is 30.3 Å². The van der Waals surface area contributed by atoms with Crippen LogP contribution in [0.1, 0.15) is 5.56 Å². The fourth-order valence-electron chi connectivity index (χ4n) is 3.02. The molecule has 0 saturated heterocycles. The van der Waals surface area contributed by atoms with E-state index in [0.717, 1.165) is 16.7 Å². The van der Waals surface area contributed by atoms with Crippen LogP contribution in [-0.4, -0.2) is 15.1 Å². The highest BCUT2D eigenvalue weighted by Gasteiger charge is 2.15. The summed E-state index contributed by atoms with van der Waals surface area (Å²) in [6.07, 6.45) is 1.63. The van der Waals surface area contributed by atoms with Gasteiger partial charge in [-0.25, -0.2) is 9.97 Å². The Kier molecular flexibility index (Phi) is 5.74. The van der Waals surface area contributed by atoms with E-state index < -0.39 is 0 Å². The van der Waals surface area contributed by atoms with Crippen LogP contribution in [0.3, 0.4) is 0 Å². The fourth-order valence-corrected chi connectivity index (χ4v) is 3.34. The van der Waals surface area contributed by atoms with Crippen LogP contribution in [0, 0.1) is 0 Å². The van der Waals surface area contributed by atoms with E-state index in [9.17, 15) is 5.11 Å². The smallest absolute Gasteiger partial charge is 0.220 e. The molecule has 0 aliphatic rings. The van der Waals surface area contributed by atoms with Crippen LogP contribution in [0.4, 0.5) is 5.95 Å². The number of hydrogen-bond acceptors (Lipinski definition) is 5. The molecule has 3 N–H and O–H groups in total. The Morgan fingerprint density at radius 1 is 0.933 bits per heavy atom. The minimum atomic E-state index is 0.0139. The summed E-state index contributed by atoms with van der Waals surface area (Å²) in [5, 5.41) is 11.9. The zero-order chi connectivity index (χ0) is 21.1. The number of nitrogens with two attached hydrogens (primary N) is 1. The van der Waals surface area contributed by atoms with Crippen molar-refractivity contribution in [2.75, 3.05) is 5.73 Å². The van der Waals surface area contributed by atoms with Gasteiger partial charge in [0.2, 0.25) is 5.95 Å². The average Bonchev–Trinajstić information content (AvgIpc) is 2.74. The molecular formula is C23H17Cl2N3O2. The van der Waals surface area contributed by atoms with Gasteiger partial charge in [-0.3, -0.25) is 0 Å². The molecule has 1 heterocycles. The predicted molar refractivity (Wildman–Crippen MR) is 120 cm³/mol. The maximum absolute atomic E-state index is 10.7. The number of phenols is 1. The van der Waals surface area contributed by atoms with Gasteiger partial charge in [0.25, 0.3) is 0 Å². The summed E-state index contributed by atoms with van der Waals surface area (Å²) in [6, 6.07) is 19.8. The SMILES string of the molecule is Nc1ncc(-c2ccc(Cl)cc2)c(-c2ccc(OCc3ccccc3Cl)cc2O)n1. The molecule has 3 aromatic carbocycles. The molecule has 30 heavy (non-hydrogen) atoms. The number of ether oxygens (including phenoxy) is 1. The van der Waals surface area contributed by atoms with Gasteiger partial charge in [0, 0.05) is 39.0 Å².